The maximum Gasteiger partial charge on any atom is 0.220 e. The van der Waals surface area contributed by atoms with E-state index in [1.165, 1.54) is 50.6 Å². The summed E-state index contributed by atoms with van der Waals surface area (Å²) in [5.41, 5.74) is 1.31. The molecule has 0 aromatic carbocycles. The number of halogens is 1. The Morgan fingerprint density at radius 1 is 1.24 bits per heavy atom. The molecule has 5 nitrogen and oxygen atoms in total. The van der Waals surface area contributed by atoms with Crippen molar-refractivity contribution in [2.75, 3.05) is 19.6 Å². The van der Waals surface area contributed by atoms with Crippen molar-refractivity contribution in [1.82, 2.24) is 20.5 Å². The molecule has 1 aromatic heterocycles. The van der Waals surface area contributed by atoms with Gasteiger partial charge in [0, 0.05) is 50.5 Å². The predicted octanol–water partition coefficient (Wildman–Crippen LogP) is 3.53. The van der Waals surface area contributed by atoms with Crippen LogP contribution in [0.25, 0.3) is 0 Å². The molecule has 2 N–H and O–H groups in total. The predicted molar refractivity (Wildman–Crippen MR) is 119 cm³/mol. The van der Waals surface area contributed by atoms with Gasteiger partial charge in [-0.3, -0.25) is 14.7 Å². The van der Waals surface area contributed by atoms with Crippen LogP contribution in [0.15, 0.2) is 24.5 Å². The number of hydrogen-bond donors (Lipinski definition) is 2. The molecular formula is C23H37ClN4O. The smallest absolute Gasteiger partial charge is 0.220 e. The van der Waals surface area contributed by atoms with Gasteiger partial charge in [-0.05, 0) is 62.1 Å². The second kappa shape index (κ2) is 11.3. The van der Waals surface area contributed by atoms with Crippen LogP contribution in [0.3, 0.4) is 0 Å². The Kier molecular flexibility index (Phi) is 8.76. The average molecular weight is 421 g/mol. The number of likely N-dealkylation sites (tertiary alicyclic amines) is 1. The third kappa shape index (κ3) is 6.66. The Labute approximate surface area is 181 Å². The zero-order valence-electron chi connectivity index (χ0n) is 17.5. The number of fused-ring (bicyclic) bond motifs is 2. The van der Waals surface area contributed by atoms with E-state index in [0.717, 1.165) is 38.4 Å². The molecule has 1 aromatic rings. The lowest BCUT2D eigenvalue weighted by Gasteiger charge is -2.46. The van der Waals surface area contributed by atoms with E-state index >= 15 is 0 Å². The fourth-order valence-corrected chi connectivity index (χ4v) is 5.52. The summed E-state index contributed by atoms with van der Waals surface area (Å²) in [6.07, 6.45) is 14.2. The molecule has 1 amide bonds. The minimum atomic E-state index is 0. The van der Waals surface area contributed by atoms with Crippen LogP contribution in [0.2, 0.25) is 0 Å². The second-order valence-electron chi connectivity index (χ2n) is 9.23. The monoisotopic (exact) mass is 420 g/mol. The second-order valence-corrected chi connectivity index (χ2v) is 9.23. The number of pyridine rings is 1. The first-order valence-electron chi connectivity index (χ1n) is 11.4. The Morgan fingerprint density at radius 3 is 2.90 bits per heavy atom. The third-order valence-corrected chi connectivity index (χ3v) is 6.90. The SMILES string of the molecule is Cl.O=C(CCC[C@H]1NC[C@@H]2C[C@@H]1CN(Cc1cccnc1)C2)NC1CCCCC1. The van der Waals surface area contributed by atoms with E-state index in [2.05, 4.69) is 26.6 Å². The fraction of sp³-hybridized carbons (Fsp3) is 0.739. The van der Waals surface area contributed by atoms with Gasteiger partial charge < -0.3 is 10.6 Å². The van der Waals surface area contributed by atoms with E-state index in [1.807, 2.05) is 18.5 Å². The average Bonchev–Trinajstić information content (AvgIpc) is 2.71. The van der Waals surface area contributed by atoms with Crippen molar-refractivity contribution in [3.63, 3.8) is 0 Å². The molecule has 2 aliphatic heterocycles. The van der Waals surface area contributed by atoms with Gasteiger partial charge in [0.2, 0.25) is 5.91 Å². The van der Waals surface area contributed by atoms with Crippen molar-refractivity contribution in [2.45, 2.75) is 76.4 Å². The van der Waals surface area contributed by atoms with Crippen LogP contribution in [-0.2, 0) is 11.3 Å². The van der Waals surface area contributed by atoms with Gasteiger partial charge in [0.25, 0.3) is 0 Å². The number of nitrogens with zero attached hydrogens (tertiary/aromatic N) is 2. The highest BCUT2D eigenvalue weighted by molar-refractivity contribution is 5.85. The number of piperidine rings is 2. The summed E-state index contributed by atoms with van der Waals surface area (Å²) < 4.78 is 0. The Hall–Kier alpha value is -1.17. The highest BCUT2D eigenvalue weighted by Crippen LogP contribution is 2.31. The summed E-state index contributed by atoms with van der Waals surface area (Å²) in [4.78, 5) is 19.1. The summed E-state index contributed by atoms with van der Waals surface area (Å²) in [7, 11) is 0. The van der Waals surface area contributed by atoms with Crippen LogP contribution < -0.4 is 10.6 Å². The van der Waals surface area contributed by atoms with Crippen molar-refractivity contribution in [3.05, 3.63) is 30.1 Å². The van der Waals surface area contributed by atoms with Gasteiger partial charge in [0.05, 0.1) is 0 Å². The first kappa shape index (κ1) is 22.5. The van der Waals surface area contributed by atoms with Crippen LogP contribution >= 0.6 is 12.4 Å². The number of carbonyl (C=O) groups excluding carboxylic acids is 1. The summed E-state index contributed by atoms with van der Waals surface area (Å²) >= 11 is 0. The molecule has 29 heavy (non-hydrogen) atoms. The van der Waals surface area contributed by atoms with Gasteiger partial charge in [0.1, 0.15) is 0 Å². The minimum absolute atomic E-state index is 0. The maximum atomic E-state index is 12.3. The number of nitrogens with one attached hydrogen (secondary N) is 2. The Balaban J connectivity index is 0.00000240. The van der Waals surface area contributed by atoms with Crippen molar-refractivity contribution < 1.29 is 4.79 Å². The molecule has 3 atom stereocenters. The lowest BCUT2D eigenvalue weighted by molar-refractivity contribution is -0.122. The highest BCUT2D eigenvalue weighted by atomic mass is 35.5. The van der Waals surface area contributed by atoms with E-state index in [0.29, 0.717) is 24.4 Å². The fourth-order valence-electron chi connectivity index (χ4n) is 5.52. The highest BCUT2D eigenvalue weighted by Gasteiger charge is 2.36. The number of amides is 1. The van der Waals surface area contributed by atoms with Crippen LogP contribution in [0, 0.1) is 11.8 Å². The molecule has 3 heterocycles. The molecule has 4 rings (SSSR count). The lowest BCUT2D eigenvalue weighted by atomic mass is 9.79. The molecule has 0 radical (unpaired) electrons. The summed E-state index contributed by atoms with van der Waals surface area (Å²) in [6, 6.07) is 5.21. The van der Waals surface area contributed by atoms with Gasteiger partial charge in [-0.1, -0.05) is 25.3 Å². The molecule has 0 spiro atoms. The van der Waals surface area contributed by atoms with E-state index in [9.17, 15) is 4.79 Å². The van der Waals surface area contributed by atoms with Gasteiger partial charge in [-0.2, -0.15) is 0 Å². The standard InChI is InChI=1S/C23H36N4O.ClH/c28-23(26-21-7-2-1-3-8-21)10-4-9-22-20-12-19(14-25-22)16-27(17-20)15-18-6-5-11-24-13-18;/h5-6,11,13,19-22,25H,1-4,7-10,12,14-17H2,(H,26,28);1H/t19-,20+,22+;/m0./s1. The topological polar surface area (TPSA) is 57.3 Å². The van der Waals surface area contributed by atoms with Gasteiger partial charge in [0.15, 0.2) is 0 Å². The van der Waals surface area contributed by atoms with Crippen molar-refractivity contribution in [1.29, 1.82) is 0 Å². The van der Waals surface area contributed by atoms with E-state index < -0.39 is 0 Å². The minimum Gasteiger partial charge on any atom is -0.353 e. The zero-order valence-corrected chi connectivity index (χ0v) is 18.3. The molecule has 162 valence electrons. The van der Waals surface area contributed by atoms with E-state index in [-0.39, 0.29) is 18.3 Å². The molecule has 1 saturated carbocycles. The van der Waals surface area contributed by atoms with Gasteiger partial charge >= 0.3 is 0 Å². The van der Waals surface area contributed by atoms with E-state index in [4.69, 9.17) is 0 Å². The molecule has 2 saturated heterocycles. The number of hydrogen-bond acceptors (Lipinski definition) is 4. The van der Waals surface area contributed by atoms with Crippen molar-refractivity contribution in [2.24, 2.45) is 11.8 Å². The summed E-state index contributed by atoms with van der Waals surface area (Å²) in [5.74, 6) is 1.74. The van der Waals surface area contributed by atoms with Crippen molar-refractivity contribution >= 4 is 18.3 Å². The van der Waals surface area contributed by atoms with Gasteiger partial charge in [-0.15, -0.1) is 12.4 Å². The normalized spacial score (nSPS) is 27.8. The number of carbonyl (C=O) groups is 1. The number of rotatable bonds is 7. The van der Waals surface area contributed by atoms with Crippen LogP contribution in [0.1, 0.15) is 63.4 Å². The molecule has 2 bridgehead atoms. The Morgan fingerprint density at radius 2 is 2.10 bits per heavy atom. The quantitative estimate of drug-likeness (QED) is 0.708. The zero-order chi connectivity index (χ0) is 19.2. The molecule has 3 fully saturated rings. The summed E-state index contributed by atoms with van der Waals surface area (Å²) in [6.45, 7) is 4.49. The largest absolute Gasteiger partial charge is 0.353 e. The van der Waals surface area contributed by atoms with Crippen LogP contribution in [0.5, 0.6) is 0 Å². The number of aromatic nitrogens is 1. The first-order valence-corrected chi connectivity index (χ1v) is 11.4. The molecule has 6 heteroatoms. The lowest BCUT2D eigenvalue weighted by Crippen LogP contribution is -2.55. The molecular weight excluding hydrogens is 384 g/mol. The molecule has 1 aliphatic carbocycles. The van der Waals surface area contributed by atoms with Crippen molar-refractivity contribution in [3.8, 4) is 0 Å². The van der Waals surface area contributed by atoms with Crippen LogP contribution in [-0.4, -0.2) is 47.5 Å². The molecule has 3 aliphatic rings. The first-order chi connectivity index (χ1) is 13.8. The van der Waals surface area contributed by atoms with Crippen LogP contribution in [0.4, 0.5) is 0 Å². The molecule has 0 unspecified atom stereocenters. The Bertz CT molecular complexity index is 623. The maximum absolute atomic E-state index is 12.3. The summed E-state index contributed by atoms with van der Waals surface area (Å²) in [5, 5.41) is 7.05. The third-order valence-electron chi connectivity index (χ3n) is 6.90. The van der Waals surface area contributed by atoms with E-state index in [1.54, 1.807) is 0 Å². The van der Waals surface area contributed by atoms with Gasteiger partial charge in [-0.25, -0.2) is 0 Å².